The smallest absolute Gasteiger partial charge is 0.235 e. The van der Waals surface area contributed by atoms with Crippen molar-refractivity contribution >= 4 is 53.3 Å². The number of para-hydroxylation sites is 1. The number of nitrogens with zero attached hydrogens (tertiary/aromatic N) is 3. The summed E-state index contributed by atoms with van der Waals surface area (Å²) < 4.78 is 5.00. The molecule has 47 heavy (non-hydrogen) atoms. The Morgan fingerprint density at radius 2 is 1.19 bits per heavy atom. The van der Waals surface area contributed by atoms with Gasteiger partial charge in [0.15, 0.2) is 0 Å². The van der Waals surface area contributed by atoms with Gasteiger partial charge in [-0.15, -0.1) is 11.3 Å². The third-order valence-corrected chi connectivity index (χ3v) is 11.2. The molecule has 1 aliphatic carbocycles. The molecule has 1 aliphatic rings. The fourth-order valence-corrected chi connectivity index (χ4v) is 9.20. The van der Waals surface area contributed by atoms with E-state index in [1.807, 2.05) is 11.3 Å². The van der Waals surface area contributed by atoms with Gasteiger partial charge in [0.2, 0.25) is 5.95 Å². The van der Waals surface area contributed by atoms with Crippen molar-refractivity contribution in [3.05, 3.63) is 151 Å². The predicted octanol–water partition coefficient (Wildman–Crippen LogP) is 11.6. The van der Waals surface area contributed by atoms with Crippen LogP contribution in [0.2, 0.25) is 0 Å². The lowest BCUT2D eigenvalue weighted by Gasteiger charge is -2.24. The van der Waals surface area contributed by atoms with Gasteiger partial charge in [-0.3, -0.25) is 4.57 Å². The van der Waals surface area contributed by atoms with Gasteiger partial charge < -0.3 is 0 Å². The number of hydrogen-bond acceptors (Lipinski definition) is 3. The molecule has 9 aromatic rings. The third kappa shape index (κ3) is 3.67. The minimum absolute atomic E-state index is 0.243. The lowest BCUT2D eigenvalue weighted by molar-refractivity contribution is 0.664. The number of fused-ring (bicyclic) bond motifs is 12. The first kappa shape index (κ1) is 26.6. The van der Waals surface area contributed by atoms with E-state index in [1.54, 1.807) is 0 Å². The number of aromatic nitrogens is 3. The van der Waals surface area contributed by atoms with Crippen LogP contribution in [0.15, 0.2) is 140 Å². The van der Waals surface area contributed by atoms with Gasteiger partial charge in [-0.2, -0.15) is 0 Å². The first-order valence-electron chi connectivity index (χ1n) is 16.1. The zero-order valence-electron chi connectivity index (χ0n) is 26.0. The molecule has 0 saturated heterocycles. The van der Waals surface area contributed by atoms with Crippen LogP contribution in [0.3, 0.4) is 0 Å². The fraction of sp³-hybridized carbons (Fsp3) is 0.0698. The molecule has 0 atom stereocenters. The van der Waals surface area contributed by atoms with E-state index < -0.39 is 0 Å². The van der Waals surface area contributed by atoms with E-state index in [1.165, 1.54) is 58.7 Å². The molecule has 0 unspecified atom stereocenters. The quantitative estimate of drug-likeness (QED) is 0.197. The summed E-state index contributed by atoms with van der Waals surface area (Å²) in [5, 5.41) is 5.19. The second-order valence-electron chi connectivity index (χ2n) is 13.0. The summed E-state index contributed by atoms with van der Waals surface area (Å²) in [4.78, 5) is 10.7. The second kappa shape index (κ2) is 9.71. The molecule has 0 N–H and O–H groups in total. The summed E-state index contributed by atoms with van der Waals surface area (Å²) in [7, 11) is 0. The highest BCUT2D eigenvalue weighted by Gasteiger charge is 2.41. The molecule has 0 bridgehead atoms. The van der Waals surface area contributed by atoms with Gasteiger partial charge in [0, 0.05) is 47.5 Å². The van der Waals surface area contributed by atoms with Crippen molar-refractivity contribution in [3.8, 4) is 39.6 Å². The lowest BCUT2D eigenvalue weighted by Crippen LogP contribution is -2.17. The number of thiophene rings is 1. The van der Waals surface area contributed by atoms with Gasteiger partial charge in [0.25, 0.3) is 0 Å². The number of rotatable bonds is 3. The van der Waals surface area contributed by atoms with Crippen LogP contribution < -0.4 is 0 Å². The van der Waals surface area contributed by atoms with E-state index in [4.69, 9.17) is 9.97 Å². The highest BCUT2D eigenvalue weighted by Crippen LogP contribution is 2.58. The van der Waals surface area contributed by atoms with Gasteiger partial charge in [-0.25, -0.2) is 9.97 Å². The van der Waals surface area contributed by atoms with Gasteiger partial charge in [-0.1, -0.05) is 135 Å². The lowest BCUT2D eigenvalue weighted by atomic mass is 9.81. The Balaban J connectivity index is 1.44. The Morgan fingerprint density at radius 3 is 1.91 bits per heavy atom. The van der Waals surface area contributed by atoms with Gasteiger partial charge >= 0.3 is 0 Å². The highest BCUT2D eigenvalue weighted by molar-refractivity contribution is 7.27. The summed E-state index contributed by atoms with van der Waals surface area (Å²) in [6.07, 6.45) is 0. The van der Waals surface area contributed by atoms with Crippen LogP contribution in [0.5, 0.6) is 0 Å². The molecule has 0 spiro atoms. The van der Waals surface area contributed by atoms with Crippen LogP contribution >= 0.6 is 11.3 Å². The monoisotopic (exact) mass is 619 g/mol. The van der Waals surface area contributed by atoms with E-state index >= 15 is 0 Å². The van der Waals surface area contributed by atoms with Crippen molar-refractivity contribution in [1.82, 2.24) is 14.5 Å². The molecular formula is C43H29N3S. The maximum Gasteiger partial charge on any atom is 0.235 e. The SMILES string of the molecule is CC1(C)c2ccccc2-c2c1c1c(c3ccccc3n1-c1nc(-c3ccccc3)cc(-c3ccccc3)n1)c1sc3ccccc3c21. The van der Waals surface area contributed by atoms with E-state index in [2.05, 4.69) is 158 Å². The zero-order chi connectivity index (χ0) is 31.3. The van der Waals surface area contributed by atoms with Crippen molar-refractivity contribution in [3.63, 3.8) is 0 Å². The second-order valence-corrected chi connectivity index (χ2v) is 14.0. The van der Waals surface area contributed by atoms with Gasteiger partial charge in [0.05, 0.1) is 22.4 Å². The Morgan fingerprint density at radius 1 is 0.596 bits per heavy atom. The standard InChI is InChI=1S/C43H29N3S/c1-43(2)31-22-12-9-19-28(31)36-37-30-21-11-14-24-35(30)47-41(37)38-29-20-10-13-23-34(29)46(40(38)39(36)43)42-44-32(26-15-5-3-6-16-26)25-33(45-42)27-17-7-4-8-18-27/h3-25H,1-2H3. The van der Waals surface area contributed by atoms with Crippen molar-refractivity contribution < 1.29 is 0 Å². The number of benzene rings is 6. The molecule has 10 rings (SSSR count). The van der Waals surface area contributed by atoms with Crippen LogP contribution in [0.4, 0.5) is 0 Å². The highest BCUT2D eigenvalue weighted by atomic mass is 32.1. The molecule has 0 saturated carbocycles. The average Bonchev–Trinajstić information content (AvgIpc) is 3.75. The van der Waals surface area contributed by atoms with Crippen LogP contribution in [-0.4, -0.2) is 14.5 Å². The molecule has 3 heterocycles. The molecule has 0 radical (unpaired) electrons. The van der Waals surface area contributed by atoms with Gasteiger partial charge in [-0.05, 0) is 40.5 Å². The summed E-state index contributed by atoms with van der Waals surface area (Å²) in [6.45, 7) is 4.77. The molecule has 0 fully saturated rings. The van der Waals surface area contributed by atoms with Crippen molar-refractivity contribution in [2.24, 2.45) is 0 Å². The zero-order valence-corrected chi connectivity index (χ0v) is 26.8. The van der Waals surface area contributed by atoms with Crippen LogP contribution in [0.1, 0.15) is 25.0 Å². The van der Waals surface area contributed by atoms with E-state index in [-0.39, 0.29) is 5.41 Å². The third-order valence-electron chi connectivity index (χ3n) is 9.98. The molecule has 0 amide bonds. The summed E-state index contributed by atoms with van der Waals surface area (Å²) in [5.41, 5.74) is 11.4. The van der Waals surface area contributed by atoms with E-state index in [0.717, 1.165) is 28.0 Å². The minimum Gasteiger partial charge on any atom is -0.277 e. The topological polar surface area (TPSA) is 30.7 Å². The molecule has 0 aliphatic heterocycles. The van der Waals surface area contributed by atoms with E-state index in [0.29, 0.717) is 5.95 Å². The molecule has 3 aromatic heterocycles. The molecule has 6 aromatic carbocycles. The first-order chi connectivity index (χ1) is 23.1. The normalized spacial score (nSPS) is 13.5. The summed E-state index contributed by atoms with van der Waals surface area (Å²) >= 11 is 1.90. The largest absolute Gasteiger partial charge is 0.277 e. The first-order valence-corrected chi connectivity index (χ1v) is 16.9. The maximum absolute atomic E-state index is 5.37. The predicted molar refractivity (Wildman–Crippen MR) is 198 cm³/mol. The molecule has 4 heteroatoms. The fourth-order valence-electron chi connectivity index (χ4n) is 7.93. The Bertz CT molecular complexity index is 2640. The Labute approximate surface area is 276 Å². The molecule has 222 valence electrons. The Kier molecular flexibility index (Phi) is 5.50. The molecule has 3 nitrogen and oxygen atoms in total. The van der Waals surface area contributed by atoms with E-state index in [9.17, 15) is 0 Å². The van der Waals surface area contributed by atoms with Crippen molar-refractivity contribution in [2.75, 3.05) is 0 Å². The van der Waals surface area contributed by atoms with Crippen LogP contribution in [0.25, 0.3) is 81.6 Å². The van der Waals surface area contributed by atoms with Crippen LogP contribution in [0, 0.1) is 0 Å². The average molecular weight is 620 g/mol. The van der Waals surface area contributed by atoms with Gasteiger partial charge in [0.1, 0.15) is 0 Å². The summed E-state index contributed by atoms with van der Waals surface area (Å²) in [6, 6.07) is 49.7. The van der Waals surface area contributed by atoms with Crippen molar-refractivity contribution in [1.29, 1.82) is 0 Å². The maximum atomic E-state index is 5.37. The molecular weight excluding hydrogens is 591 g/mol. The van der Waals surface area contributed by atoms with Crippen molar-refractivity contribution in [2.45, 2.75) is 19.3 Å². The minimum atomic E-state index is -0.243. The number of hydrogen-bond donors (Lipinski definition) is 0. The van der Waals surface area contributed by atoms with Crippen LogP contribution in [-0.2, 0) is 5.41 Å². The Hall–Kier alpha value is -5.58. The summed E-state index contributed by atoms with van der Waals surface area (Å²) in [5.74, 6) is 0.686.